The molecule has 0 unspecified atom stereocenters. The Labute approximate surface area is 103 Å². The molecule has 6 nitrogen and oxygen atoms in total. The fourth-order valence-corrected chi connectivity index (χ4v) is 2.36. The second-order valence-electron chi connectivity index (χ2n) is 4.11. The van der Waals surface area contributed by atoms with E-state index in [1.165, 1.54) is 11.3 Å². The maximum atomic E-state index is 11.9. The number of amides is 1. The molecular formula is C10H14N4O2S. The van der Waals surface area contributed by atoms with Gasteiger partial charge in [0.05, 0.1) is 6.54 Å². The lowest BCUT2D eigenvalue weighted by Crippen LogP contribution is -2.40. The van der Waals surface area contributed by atoms with Gasteiger partial charge in [0.15, 0.2) is 5.84 Å². The molecule has 1 aromatic heterocycles. The number of aryl methyl sites for hydroxylation is 1. The van der Waals surface area contributed by atoms with Crippen molar-refractivity contribution in [2.75, 3.05) is 0 Å². The maximum Gasteiger partial charge on any atom is 0.234 e. The van der Waals surface area contributed by atoms with Gasteiger partial charge in [-0.15, -0.1) is 11.3 Å². The van der Waals surface area contributed by atoms with Crippen LogP contribution in [-0.2, 0) is 11.3 Å². The minimum absolute atomic E-state index is 0.00896. The van der Waals surface area contributed by atoms with Gasteiger partial charge in [0.25, 0.3) is 0 Å². The molecular weight excluding hydrogens is 240 g/mol. The van der Waals surface area contributed by atoms with Gasteiger partial charge in [-0.2, -0.15) is 0 Å². The van der Waals surface area contributed by atoms with E-state index in [1.807, 2.05) is 6.92 Å². The zero-order chi connectivity index (χ0) is 12.5. The summed E-state index contributed by atoms with van der Waals surface area (Å²) in [5, 5.41) is 15.2. The van der Waals surface area contributed by atoms with Gasteiger partial charge in [-0.05, 0) is 19.8 Å². The van der Waals surface area contributed by atoms with Crippen molar-refractivity contribution in [2.24, 2.45) is 16.3 Å². The highest BCUT2D eigenvalue weighted by Gasteiger charge is 2.54. The van der Waals surface area contributed by atoms with E-state index >= 15 is 0 Å². The fourth-order valence-electron chi connectivity index (χ4n) is 1.63. The Bertz CT molecular complexity index is 465. The SMILES string of the molecule is Cc1cnc(CNC(=O)C2(C(N)=NO)CC2)s1. The average molecular weight is 254 g/mol. The third-order valence-electron chi connectivity index (χ3n) is 2.85. The predicted octanol–water partition coefficient (Wildman–Crippen LogP) is 0.594. The first kappa shape index (κ1) is 11.8. The molecule has 1 heterocycles. The van der Waals surface area contributed by atoms with Crippen LogP contribution in [0, 0.1) is 12.3 Å². The van der Waals surface area contributed by atoms with Gasteiger partial charge < -0.3 is 16.3 Å². The van der Waals surface area contributed by atoms with E-state index < -0.39 is 5.41 Å². The van der Waals surface area contributed by atoms with Crippen LogP contribution in [0.5, 0.6) is 0 Å². The number of rotatable bonds is 4. The first-order chi connectivity index (χ1) is 8.08. The molecule has 0 radical (unpaired) electrons. The van der Waals surface area contributed by atoms with E-state index in [4.69, 9.17) is 10.9 Å². The lowest BCUT2D eigenvalue weighted by atomic mass is 10.1. The van der Waals surface area contributed by atoms with Crippen LogP contribution in [0.4, 0.5) is 0 Å². The summed E-state index contributed by atoms with van der Waals surface area (Å²) in [7, 11) is 0. The molecule has 7 heteroatoms. The molecule has 1 aromatic rings. The van der Waals surface area contributed by atoms with Crippen LogP contribution >= 0.6 is 11.3 Å². The minimum Gasteiger partial charge on any atom is -0.409 e. The van der Waals surface area contributed by atoms with Crippen molar-refractivity contribution in [3.63, 3.8) is 0 Å². The van der Waals surface area contributed by atoms with Gasteiger partial charge >= 0.3 is 0 Å². The number of nitrogens with two attached hydrogens (primary N) is 1. The van der Waals surface area contributed by atoms with Crippen molar-refractivity contribution in [3.8, 4) is 0 Å². The van der Waals surface area contributed by atoms with Crippen LogP contribution in [0.15, 0.2) is 11.4 Å². The van der Waals surface area contributed by atoms with Crippen LogP contribution in [0.2, 0.25) is 0 Å². The second kappa shape index (κ2) is 4.33. The highest BCUT2D eigenvalue weighted by molar-refractivity contribution is 7.11. The summed E-state index contributed by atoms with van der Waals surface area (Å²) in [5.41, 5.74) is 4.72. The molecule has 2 rings (SSSR count). The molecule has 1 amide bonds. The highest BCUT2D eigenvalue weighted by Crippen LogP contribution is 2.46. The Morgan fingerprint density at radius 3 is 2.94 bits per heavy atom. The Kier molecular flexibility index (Phi) is 3.01. The van der Waals surface area contributed by atoms with Crippen molar-refractivity contribution in [2.45, 2.75) is 26.3 Å². The summed E-state index contributed by atoms with van der Waals surface area (Å²) in [6.07, 6.45) is 3.03. The summed E-state index contributed by atoms with van der Waals surface area (Å²) >= 11 is 1.54. The largest absolute Gasteiger partial charge is 0.409 e. The summed E-state index contributed by atoms with van der Waals surface area (Å²) < 4.78 is 0. The van der Waals surface area contributed by atoms with Crippen molar-refractivity contribution in [1.29, 1.82) is 0 Å². The molecule has 17 heavy (non-hydrogen) atoms. The van der Waals surface area contributed by atoms with Crippen molar-refractivity contribution in [1.82, 2.24) is 10.3 Å². The molecule has 1 aliphatic carbocycles. The zero-order valence-corrected chi connectivity index (χ0v) is 10.3. The first-order valence-electron chi connectivity index (χ1n) is 5.26. The molecule has 1 aliphatic rings. The number of nitrogens with one attached hydrogen (secondary N) is 1. The molecule has 0 saturated heterocycles. The van der Waals surface area contributed by atoms with Crippen LogP contribution in [0.1, 0.15) is 22.7 Å². The number of carbonyl (C=O) groups is 1. The molecule has 0 aliphatic heterocycles. The topological polar surface area (TPSA) is 101 Å². The number of thiazole rings is 1. The number of hydrogen-bond donors (Lipinski definition) is 3. The monoisotopic (exact) mass is 254 g/mol. The van der Waals surface area contributed by atoms with Crippen LogP contribution in [-0.4, -0.2) is 21.9 Å². The third-order valence-corrected chi connectivity index (χ3v) is 3.76. The quantitative estimate of drug-likeness (QED) is 0.317. The molecule has 0 aromatic carbocycles. The average Bonchev–Trinajstić information content (AvgIpc) is 3.04. The van der Waals surface area contributed by atoms with E-state index in [1.54, 1.807) is 6.20 Å². The van der Waals surface area contributed by atoms with Gasteiger partial charge in [-0.1, -0.05) is 5.16 Å². The third kappa shape index (κ3) is 2.23. The van der Waals surface area contributed by atoms with Gasteiger partial charge in [0.2, 0.25) is 5.91 Å². The van der Waals surface area contributed by atoms with Crippen LogP contribution < -0.4 is 11.1 Å². The smallest absolute Gasteiger partial charge is 0.234 e. The molecule has 1 saturated carbocycles. The Morgan fingerprint density at radius 1 is 1.76 bits per heavy atom. The fraction of sp³-hybridized carbons (Fsp3) is 0.500. The van der Waals surface area contributed by atoms with E-state index in [9.17, 15) is 4.79 Å². The number of hydrogen-bond acceptors (Lipinski definition) is 5. The first-order valence-corrected chi connectivity index (χ1v) is 6.08. The van der Waals surface area contributed by atoms with E-state index in [-0.39, 0.29) is 11.7 Å². The second-order valence-corrected chi connectivity index (χ2v) is 5.43. The Balaban J connectivity index is 1.94. The number of nitrogens with zero attached hydrogens (tertiary/aromatic N) is 2. The van der Waals surface area contributed by atoms with Crippen LogP contribution in [0.25, 0.3) is 0 Å². The molecule has 0 bridgehead atoms. The Hall–Kier alpha value is -1.63. The van der Waals surface area contributed by atoms with Gasteiger partial charge in [-0.25, -0.2) is 4.98 Å². The predicted molar refractivity (Wildman–Crippen MR) is 63.8 cm³/mol. The normalized spacial score (nSPS) is 17.8. The van der Waals surface area contributed by atoms with E-state index in [2.05, 4.69) is 15.5 Å². The highest BCUT2D eigenvalue weighted by atomic mass is 32.1. The summed E-state index contributed by atoms with van der Waals surface area (Å²) in [6, 6.07) is 0. The Morgan fingerprint density at radius 2 is 2.47 bits per heavy atom. The van der Waals surface area contributed by atoms with E-state index in [0.717, 1.165) is 9.88 Å². The summed E-state index contributed by atoms with van der Waals surface area (Å²) in [5.74, 6) is -0.203. The zero-order valence-electron chi connectivity index (χ0n) is 9.43. The molecule has 1 fully saturated rings. The van der Waals surface area contributed by atoms with Crippen molar-refractivity contribution in [3.05, 3.63) is 16.1 Å². The van der Waals surface area contributed by atoms with Gasteiger partial charge in [-0.3, -0.25) is 4.79 Å². The molecule has 4 N–H and O–H groups in total. The number of carbonyl (C=O) groups excluding carboxylic acids is 1. The molecule has 92 valence electrons. The number of amidine groups is 1. The minimum atomic E-state index is -0.791. The maximum absolute atomic E-state index is 11.9. The molecule has 0 spiro atoms. The standard InChI is InChI=1S/C10H14N4O2S/c1-6-4-12-7(17-6)5-13-9(15)10(2-3-10)8(11)14-16/h4,16H,2-3,5H2,1H3,(H2,11,14)(H,13,15). The summed E-state index contributed by atoms with van der Waals surface area (Å²) in [4.78, 5) is 17.2. The van der Waals surface area contributed by atoms with E-state index in [0.29, 0.717) is 19.4 Å². The van der Waals surface area contributed by atoms with Gasteiger partial charge in [0.1, 0.15) is 10.4 Å². The van der Waals surface area contributed by atoms with Gasteiger partial charge in [0, 0.05) is 11.1 Å². The number of aromatic nitrogens is 1. The lowest BCUT2D eigenvalue weighted by molar-refractivity contribution is -0.124. The van der Waals surface area contributed by atoms with Crippen molar-refractivity contribution >= 4 is 23.1 Å². The summed E-state index contributed by atoms with van der Waals surface area (Å²) in [6.45, 7) is 2.35. The molecule has 0 atom stereocenters. The van der Waals surface area contributed by atoms with Crippen LogP contribution in [0.3, 0.4) is 0 Å². The lowest BCUT2D eigenvalue weighted by Gasteiger charge is -2.12. The number of oxime groups is 1. The van der Waals surface area contributed by atoms with Crippen molar-refractivity contribution < 1.29 is 10.0 Å².